The number of halogens is 2. The number of rotatable bonds is 3. The summed E-state index contributed by atoms with van der Waals surface area (Å²) < 4.78 is 19.5. The predicted octanol–water partition coefficient (Wildman–Crippen LogP) is 4.33. The van der Waals surface area contributed by atoms with Crippen LogP contribution in [0.15, 0.2) is 66.5 Å². The van der Waals surface area contributed by atoms with Gasteiger partial charge in [-0.15, -0.1) is 0 Å². The summed E-state index contributed by atoms with van der Waals surface area (Å²) in [5, 5.41) is 11.1. The van der Waals surface area contributed by atoms with Gasteiger partial charge in [-0.3, -0.25) is 19.5 Å². The summed E-state index contributed by atoms with van der Waals surface area (Å²) in [7, 11) is 1.90. The van der Waals surface area contributed by atoms with Gasteiger partial charge in [0.15, 0.2) is 0 Å². The first-order chi connectivity index (χ1) is 16.4. The van der Waals surface area contributed by atoms with E-state index in [9.17, 15) is 19.1 Å². The second-order valence-electron chi connectivity index (χ2n) is 8.00. The number of hydrogen-bond donors (Lipinski definition) is 1. The van der Waals surface area contributed by atoms with Gasteiger partial charge in [0.2, 0.25) is 0 Å². The van der Waals surface area contributed by atoms with Crippen LogP contribution in [0.25, 0.3) is 5.76 Å². The van der Waals surface area contributed by atoms with E-state index in [0.29, 0.717) is 30.0 Å². The van der Waals surface area contributed by atoms with Crippen LogP contribution in [0.5, 0.6) is 5.75 Å². The van der Waals surface area contributed by atoms with Crippen molar-refractivity contribution in [1.82, 2.24) is 4.98 Å². The molecule has 1 fully saturated rings. The molecule has 34 heavy (non-hydrogen) atoms. The number of aromatic nitrogens is 1. The number of benzene rings is 2. The number of carbonyl (C=O) groups excluding carboxylic acids is 2. The van der Waals surface area contributed by atoms with Crippen molar-refractivity contribution in [3.63, 3.8) is 0 Å². The number of ketones is 1. The van der Waals surface area contributed by atoms with Crippen LogP contribution in [-0.2, 0) is 9.59 Å². The minimum Gasteiger partial charge on any atom is -0.507 e. The number of anilines is 2. The Morgan fingerprint density at radius 2 is 1.91 bits per heavy atom. The van der Waals surface area contributed by atoms with Gasteiger partial charge in [0.25, 0.3) is 11.7 Å². The third-order valence-electron chi connectivity index (χ3n) is 5.98. The normalized spacial score (nSPS) is 19.2. The Bertz CT molecular complexity index is 1350. The average molecular weight is 480 g/mol. The number of aliphatic hydroxyl groups excluding tert-OH is 1. The molecule has 2 aromatic carbocycles. The van der Waals surface area contributed by atoms with E-state index in [-0.39, 0.29) is 22.0 Å². The molecule has 1 atom stereocenters. The first-order valence-corrected chi connectivity index (χ1v) is 10.9. The van der Waals surface area contributed by atoms with Gasteiger partial charge < -0.3 is 14.7 Å². The zero-order chi connectivity index (χ0) is 24.0. The van der Waals surface area contributed by atoms with Gasteiger partial charge in [0.05, 0.1) is 28.9 Å². The molecule has 7 nitrogen and oxygen atoms in total. The number of Topliss-reactive ketones (excluding diaryl/α,β-unsaturated/α-hetero) is 1. The summed E-state index contributed by atoms with van der Waals surface area (Å²) in [6, 6.07) is 11.2. The number of nitrogens with zero attached hydrogens (tertiary/aromatic N) is 3. The molecule has 3 aromatic rings. The number of amides is 1. The highest BCUT2D eigenvalue weighted by Crippen LogP contribution is 2.43. The molecule has 172 valence electrons. The topological polar surface area (TPSA) is 83.0 Å². The van der Waals surface area contributed by atoms with E-state index >= 15 is 0 Å². The predicted molar refractivity (Wildman–Crippen MR) is 126 cm³/mol. The van der Waals surface area contributed by atoms with Gasteiger partial charge >= 0.3 is 0 Å². The highest BCUT2D eigenvalue weighted by atomic mass is 35.5. The van der Waals surface area contributed by atoms with Gasteiger partial charge in [0, 0.05) is 30.7 Å². The van der Waals surface area contributed by atoms with Gasteiger partial charge in [0.1, 0.15) is 23.9 Å². The molecule has 2 aliphatic rings. The molecule has 0 radical (unpaired) electrons. The Kier molecular flexibility index (Phi) is 5.45. The third-order valence-corrected chi connectivity index (χ3v) is 6.27. The monoisotopic (exact) mass is 479 g/mol. The Labute approximate surface area is 199 Å². The van der Waals surface area contributed by atoms with E-state index in [1.54, 1.807) is 30.3 Å². The summed E-state index contributed by atoms with van der Waals surface area (Å²) >= 11 is 5.96. The minimum atomic E-state index is -0.963. The van der Waals surface area contributed by atoms with Crippen molar-refractivity contribution in [3.8, 4) is 5.75 Å². The SMILES string of the molecule is CN1CCOc2ccc(/C(O)=C3/C(=O)C(=O)N(c4ccc(F)c(Cl)c4)C3c3ccncc3)cc21. The third kappa shape index (κ3) is 3.56. The highest BCUT2D eigenvalue weighted by Gasteiger charge is 2.47. The van der Waals surface area contributed by atoms with Crippen molar-refractivity contribution in [2.75, 3.05) is 30.0 Å². The summed E-state index contributed by atoms with van der Waals surface area (Å²) in [6.45, 7) is 1.21. The lowest BCUT2D eigenvalue weighted by Gasteiger charge is -2.28. The molecule has 1 saturated heterocycles. The fourth-order valence-corrected chi connectivity index (χ4v) is 4.42. The van der Waals surface area contributed by atoms with Gasteiger partial charge in [-0.05, 0) is 54.1 Å². The number of ether oxygens (including phenoxy) is 1. The van der Waals surface area contributed by atoms with E-state index < -0.39 is 23.5 Å². The molecule has 3 heterocycles. The number of aliphatic hydroxyl groups is 1. The molecule has 5 rings (SSSR count). The number of hydrogen-bond acceptors (Lipinski definition) is 6. The molecule has 0 spiro atoms. The Balaban J connectivity index is 1.69. The summed E-state index contributed by atoms with van der Waals surface area (Å²) in [6.07, 6.45) is 3.05. The Morgan fingerprint density at radius 3 is 2.65 bits per heavy atom. The van der Waals surface area contributed by atoms with Crippen LogP contribution in [0.4, 0.5) is 15.8 Å². The molecule has 9 heteroatoms. The van der Waals surface area contributed by atoms with Crippen LogP contribution < -0.4 is 14.5 Å². The maximum absolute atomic E-state index is 13.8. The Morgan fingerprint density at radius 1 is 1.15 bits per heavy atom. The number of pyridine rings is 1. The number of fused-ring (bicyclic) bond motifs is 1. The molecular weight excluding hydrogens is 461 g/mol. The largest absolute Gasteiger partial charge is 0.507 e. The molecule has 1 aromatic heterocycles. The molecule has 1 amide bonds. The fourth-order valence-electron chi connectivity index (χ4n) is 4.25. The fraction of sp³-hybridized carbons (Fsp3) is 0.160. The highest BCUT2D eigenvalue weighted by molar-refractivity contribution is 6.51. The second-order valence-corrected chi connectivity index (χ2v) is 8.41. The smallest absolute Gasteiger partial charge is 0.300 e. The Hall–Kier alpha value is -3.91. The van der Waals surface area contributed by atoms with E-state index in [1.807, 2.05) is 11.9 Å². The second kappa shape index (κ2) is 8.46. The van der Waals surface area contributed by atoms with Crippen LogP contribution in [0.3, 0.4) is 0 Å². The maximum atomic E-state index is 13.8. The first kappa shape index (κ1) is 21.9. The van der Waals surface area contributed by atoms with Crippen molar-refractivity contribution in [3.05, 3.63) is 88.5 Å². The molecule has 0 aliphatic carbocycles. The summed E-state index contributed by atoms with van der Waals surface area (Å²) in [5.74, 6) is -2.02. The van der Waals surface area contributed by atoms with Crippen LogP contribution in [0.1, 0.15) is 17.2 Å². The van der Waals surface area contributed by atoms with Crippen LogP contribution in [0.2, 0.25) is 5.02 Å². The standard InChI is InChI=1S/C25H19ClFN3O4/c1-29-10-11-34-20-5-2-15(12-19(20)29)23(31)21-22(14-6-8-28-9-7-14)30(25(33)24(21)32)16-3-4-18(27)17(26)13-16/h2-9,12-13,22,31H,10-11H2,1H3/b23-21-. The van der Waals surface area contributed by atoms with Gasteiger partial charge in [-0.1, -0.05) is 11.6 Å². The quantitative estimate of drug-likeness (QED) is 0.342. The van der Waals surface area contributed by atoms with E-state index in [2.05, 4.69) is 4.98 Å². The number of likely N-dealkylation sites (N-methyl/N-ethyl adjacent to an activating group) is 1. The molecule has 1 unspecified atom stereocenters. The minimum absolute atomic E-state index is 0.0871. The average Bonchev–Trinajstić information content (AvgIpc) is 3.11. The van der Waals surface area contributed by atoms with E-state index in [0.717, 1.165) is 11.8 Å². The van der Waals surface area contributed by atoms with Gasteiger partial charge in [-0.25, -0.2) is 4.39 Å². The lowest BCUT2D eigenvalue weighted by molar-refractivity contribution is -0.132. The molecule has 1 N–H and O–H groups in total. The molecule has 0 bridgehead atoms. The molecule has 2 aliphatic heterocycles. The lowest BCUT2D eigenvalue weighted by Crippen LogP contribution is -2.29. The van der Waals surface area contributed by atoms with Crippen molar-refractivity contribution < 1.29 is 23.8 Å². The first-order valence-electron chi connectivity index (χ1n) is 10.5. The van der Waals surface area contributed by atoms with Crippen molar-refractivity contribution in [1.29, 1.82) is 0 Å². The van der Waals surface area contributed by atoms with Crippen LogP contribution in [-0.4, -0.2) is 42.0 Å². The zero-order valence-electron chi connectivity index (χ0n) is 18.0. The molecular formula is C25H19ClFN3O4. The zero-order valence-corrected chi connectivity index (χ0v) is 18.8. The van der Waals surface area contributed by atoms with Crippen LogP contribution in [0, 0.1) is 5.82 Å². The summed E-state index contributed by atoms with van der Waals surface area (Å²) in [5.41, 5.74) is 1.82. The van der Waals surface area contributed by atoms with E-state index in [1.165, 1.54) is 29.4 Å². The maximum Gasteiger partial charge on any atom is 0.300 e. The summed E-state index contributed by atoms with van der Waals surface area (Å²) in [4.78, 5) is 33.6. The van der Waals surface area contributed by atoms with Crippen molar-refractivity contribution >= 4 is 40.4 Å². The number of carbonyl (C=O) groups is 2. The lowest BCUT2D eigenvalue weighted by atomic mass is 9.95. The van der Waals surface area contributed by atoms with Crippen molar-refractivity contribution in [2.24, 2.45) is 0 Å². The van der Waals surface area contributed by atoms with Crippen molar-refractivity contribution in [2.45, 2.75) is 6.04 Å². The van der Waals surface area contributed by atoms with Crippen LogP contribution >= 0.6 is 11.6 Å². The molecule has 0 saturated carbocycles. The van der Waals surface area contributed by atoms with Gasteiger partial charge in [-0.2, -0.15) is 0 Å². The van der Waals surface area contributed by atoms with E-state index in [4.69, 9.17) is 16.3 Å².